The number of unbranched alkanes of at least 4 members (excludes halogenated alkanes) is 1. The lowest BCUT2D eigenvalue weighted by atomic mass is 9.75. The molecule has 16 heteroatoms. The molecule has 0 heterocycles. The first-order chi connectivity index (χ1) is 17.5. The summed E-state index contributed by atoms with van der Waals surface area (Å²) in [4.78, 5) is 115. The van der Waals surface area contributed by atoms with Crippen LogP contribution < -0.4 is 0 Å². The summed E-state index contributed by atoms with van der Waals surface area (Å²) in [7, 11) is 0. The molecule has 0 aromatic carbocycles. The molecule has 0 aromatic rings. The molecular formula is C20H18N8O8. The Morgan fingerprint density at radius 1 is 0.500 bits per heavy atom. The largest absolute Gasteiger partial charge is 0.277 e. The van der Waals surface area contributed by atoms with E-state index < -0.39 is 36.3 Å². The first-order valence-corrected chi connectivity index (χ1v) is 10.1. The summed E-state index contributed by atoms with van der Waals surface area (Å²) in [6.45, 7) is -0.158. The monoisotopic (exact) mass is 498 g/mol. The molecule has 0 aromatic heterocycles. The van der Waals surface area contributed by atoms with Crippen molar-refractivity contribution in [2.75, 3.05) is 13.1 Å². The SMILES string of the molecule is O=C=NCCCCC(N=C=O)(C(CCN=C=O)N=C=O)C(CCC(N=C=O)(N=C=O)N=C=O)N=C=O. The molecule has 0 saturated heterocycles. The number of isocyanates is 8. The normalized spacial score (nSPS) is 14.1. The van der Waals surface area contributed by atoms with E-state index in [1.54, 1.807) is 0 Å². The molecule has 36 heavy (non-hydrogen) atoms. The van der Waals surface area contributed by atoms with Crippen molar-refractivity contribution in [1.29, 1.82) is 0 Å². The van der Waals surface area contributed by atoms with Crippen LogP contribution in [0, 0.1) is 0 Å². The summed E-state index contributed by atoms with van der Waals surface area (Å²) in [5, 5.41) is 0. The van der Waals surface area contributed by atoms with E-state index in [1.807, 2.05) is 0 Å². The van der Waals surface area contributed by atoms with Crippen molar-refractivity contribution in [3.8, 4) is 0 Å². The molecule has 3 atom stereocenters. The summed E-state index contributed by atoms with van der Waals surface area (Å²) in [6, 6.07) is -2.63. The lowest BCUT2D eigenvalue weighted by molar-refractivity contribution is 0.231. The number of aliphatic imine (C=N–C) groups is 8. The first kappa shape index (κ1) is 31.0. The molecule has 0 radical (unpaired) electrons. The van der Waals surface area contributed by atoms with Crippen LogP contribution in [0.25, 0.3) is 0 Å². The van der Waals surface area contributed by atoms with Gasteiger partial charge < -0.3 is 0 Å². The molecule has 0 aliphatic carbocycles. The maximum Gasteiger partial charge on any atom is 0.277 e. The average molecular weight is 498 g/mol. The number of rotatable bonds is 19. The highest BCUT2D eigenvalue weighted by Gasteiger charge is 2.47. The predicted molar refractivity (Wildman–Crippen MR) is 115 cm³/mol. The van der Waals surface area contributed by atoms with Gasteiger partial charge in [-0.1, -0.05) is 0 Å². The van der Waals surface area contributed by atoms with Gasteiger partial charge in [0, 0.05) is 6.42 Å². The third kappa shape index (κ3) is 9.89. The Morgan fingerprint density at radius 3 is 1.47 bits per heavy atom. The van der Waals surface area contributed by atoms with Gasteiger partial charge >= 0.3 is 0 Å². The average Bonchev–Trinajstić information content (AvgIpc) is 2.86. The molecular weight excluding hydrogens is 480 g/mol. The summed E-state index contributed by atoms with van der Waals surface area (Å²) in [5.41, 5.74) is -1.81. The van der Waals surface area contributed by atoms with Crippen molar-refractivity contribution in [1.82, 2.24) is 0 Å². The van der Waals surface area contributed by atoms with Crippen LogP contribution in [0.5, 0.6) is 0 Å². The van der Waals surface area contributed by atoms with E-state index in [2.05, 4.69) is 39.9 Å². The van der Waals surface area contributed by atoms with Crippen LogP contribution >= 0.6 is 0 Å². The van der Waals surface area contributed by atoms with Gasteiger partial charge in [0.05, 0.1) is 25.2 Å². The Bertz CT molecular complexity index is 1090. The Labute approximate surface area is 202 Å². The van der Waals surface area contributed by atoms with Crippen LogP contribution in [-0.2, 0) is 38.4 Å². The van der Waals surface area contributed by atoms with E-state index in [0.29, 0.717) is 0 Å². The molecule has 0 fully saturated rings. The molecule has 3 unspecified atom stereocenters. The summed E-state index contributed by atoms with van der Waals surface area (Å²) in [5.74, 6) is -2.34. The van der Waals surface area contributed by atoms with Gasteiger partial charge in [0.15, 0.2) is 0 Å². The van der Waals surface area contributed by atoms with Gasteiger partial charge in [-0.15, -0.1) is 0 Å². The Balaban J connectivity index is 6.80. The summed E-state index contributed by atoms with van der Waals surface area (Å²) >= 11 is 0. The topological polar surface area (TPSA) is 235 Å². The summed E-state index contributed by atoms with van der Waals surface area (Å²) < 4.78 is 0. The molecule has 0 rings (SSSR count). The van der Waals surface area contributed by atoms with E-state index in [4.69, 9.17) is 0 Å². The van der Waals surface area contributed by atoms with Gasteiger partial charge in [-0.05, 0) is 32.1 Å². The van der Waals surface area contributed by atoms with Crippen LogP contribution in [0.2, 0.25) is 0 Å². The lowest BCUT2D eigenvalue weighted by Crippen LogP contribution is -2.50. The minimum absolute atomic E-state index is 0.0578. The maximum absolute atomic E-state index is 11.5. The highest BCUT2D eigenvalue weighted by atomic mass is 16.1. The van der Waals surface area contributed by atoms with E-state index in [1.165, 1.54) is 30.4 Å². The zero-order chi connectivity index (χ0) is 27.1. The molecule has 0 N–H and O–H groups in total. The third-order valence-corrected chi connectivity index (χ3v) is 4.99. The number of carbonyl (C=O) groups excluding carboxylic acids is 8. The molecule has 186 valence electrons. The van der Waals surface area contributed by atoms with Crippen molar-refractivity contribution in [3.05, 3.63) is 0 Å². The number of nitrogens with zero attached hydrogens (tertiary/aromatic N) is 8. The quantitative estimate of drug-likeness (QED) is 0.134. The lowest BCUT2D eigenvalue weighted by Gasteiger charge is -2.38. The zero-order valence-electron chi connectivity index (χ0n) is 18.7. The summed E-state index contributed by atoms with van der Waals surface area (Å²) in [6.07, 6.45) is 9.21. The van der Waals surface area contributed by atoms with Crippen LogP contribution in [0.1, 0.15) is 38.5 Å². The first-order valence-electron chi connectivity index (χ1n) is 10.1. The van der Waals surface area contributed by atoms with Gasteiger partial charge in [-0.2, -0.15) is 30.0 Å². The van der Waals surface area contributed by atoms with Crippen molar-refractivity contribution in [3.63, 3.8) is 0 Å². The Kier molecular flexibility index (Phi) is 15.9. The van der Waals surface area contributed by atoms with E-state index >= 15 is 0 Å². The van der Waals surface area contributed by atoms with Crippen molar-refractivity contribution < 1.29 is 38.4 Å². The van der Waals surface area contributed by atoms with Gasteiger partial charge in [0.1, 0.15) is 5.54 Å². The van der Waals surface area contributed by atoms with Crippen molar-refractivity contribution >= 4 is 48.6 Å². The van der Waals surface area contributed by atoms with Crippen LogP contribution in [0.3, 0.4) is 0 Å². The molecule has 0 aliphatic heterocycles. The highest BCUT2D eigenvalue weighted by Crippen LogP contribution is 2.37. The standard InChI is InChI=1S/C20H18N8O8/c29-9-21-7-2-1-5-19(25-13-33,18(24-12-32)4-8-22-10-30)17(23-11-31)3-6-20(26-14-34,27-15-35)28-16-36/h17-18H,1-8H2. The van der Waals surface area contributed by atoms with Crippen LogP contribution in [-0.4, -0.2) is 85.1 Å². The third-order valence-electron chi connectivity index (χ3n) is 4.99. The maximum atomic E-state index is 11.5. The van der Waals surface area contributed by atoms with E-state index in [-0.39, 0.29) is 38.8 Å². The fourth-order valence-corrected chi connectivity index (χ4v) is 3.49. The number of hydrogen-bond donors (Lipinski definition) is 0. The van der Waals surface area contributed by atoms with E-state index in [9.17, 15) is 38.4 Å². The fourth-order valence-electron chi connectivity index (χ4n) is 3.49. The van der Waals surface area contributed by atoms with E-state index in [0.717, 1.165) is 18.2 Å². The Hall–Kier alpha value is -4.96. The molecule has 16 nitrogen and oxygen atoms in total. The second-order valence-corrected chi connectivity index (χ2v) is 6.78. The molecule has 0 spiro atoms. The van der Waals surface area contributed by atoms with Gasteiger partial charge in [-0.3, -0.25) is 0 Å². The van der Waals surface area contributed by atoms with Crippen molar-refractivity contribution in [2.45, 2.75) is 61.9 Å². The molecule has 0 bridgehead atoms. The smallest absolute Gasteiger partial charge is 0.211 e. The second-order valence-electron chi connectivity index (χ2n) is 6.78. The Morgan fingerprint density at radius 2 is 1.00 bits per heavy atom. The van der Waals surface area contributed by atoms with Gasteiger partial charge in [-0.25, -0.2) is 48.3 Å². The van der Waals surface area contributed by atoms with Crippen LogP contribution in [0.4, 0.5) is 0 Å². The minimum atomic E-state index is -2.34. The van der Waals surface area contributed by atoms with Gasteiger partial charge in [0.2, 0.25) is 48.6 Å². The molecule has 0 saturated carbocycles. The minimum Gasteiger partial charge on any atom is -0.211 e. The van der Waals surface area contributed by atoms with Crippen molar-refractivity contribution in [2.24, 2.45) is 39.9 Å². The number of hydrogen-bond acceptors (Lipinski definition) is 16. The predicted octanol–water partition coefficient (Wildman–Crippen LogP) is 0.143. The molecule has 0 amide bonds. The van der Waals surface area contributed by atoms with Gasteiger partial charge in [0.25, 0.3) is 5.79 Å². The highest BCUT2D eigenvalue weighted by molar-refractivity contribution is 5.43. The molecule has 0 aliphatic rings. The van der Waals surface area contributed by atoms with Crippen LogP contribution in [0.15, 0.2) is 39.9 Å². The fraction of sp³-hybridized carbons (Fsp3) is 0.600. The second kappa shape index (κ2) is 18.5. The zero-order valence-corrected chi connectivity index (χ0v) is 18.7.